The number of rotatable bonds is 7. The topological polar surface area (TPSA) is 118 Å². The Bertz CT molecular complexity index is 1040. The van der Waals surface area contributed by atoms with Gasteiger partial charge < -0.3 is 20.9 Å². The number of halogens is 1. The van der Waals surface area contributed by atoms with Crippen LogP contribution in [-0.4, -0.2) is 32.9 Å². The van der Waals surface area contributed by atoms with Crippen molar-refractivity contribution in [2.45, 2.75) is 32.8 Å². The van der Waals surface area contributed by atoms with Crippen LogP contribution in [0.2, 0.25) is 0 Å². The minimum Gasteiger partial charge on any atom is -0.486 e. The summed E-state index contributed by atoms with van der Waals surface area (Å²) in [6.45, 7) is 5.64. The monoisotopic (exact) mass is 401 g/mol. The number of anilines is 1. The van der Waals surface area contributed by atoms with Crippen molar-refractivity contribution in [1.82, 2.24) is 14.6 Å². The van der Waals surface area contributed by atoms with Crippen molar-refractivity contribution in [3.8, 4) is 17.0 Å². The summed E-state index contributed by atoms with van der Waals surface area (Å²) in [5, 5.41) is 4.20. The van der Waals surface area contributed by atoms with Gasteiger partial charge in [-0.15, -0.1) is 0 Å². The highest BCUT2D eigenvalue weighted by atomic mass is 19.1. The first-order valence-electron chi connectivity index (χ1n) is 9.18. The van der Waals surface area contributed by atoms with Crippen LogP contribution in [0.25, 0.3) is 16.9 Å². The molecule has 0 spiro atoms. The molecule has 2 aromatic heterocycles. The molecular formula is C20H24FN5O3. The molecule has 0 bridgehead atoms. The van der Waals surface area contributed by atoms with Crippen molar-refractivity contribution in [3.05, 3.63) is 42.3 Å². The molecule has 0 saturated heterocycles. The van der Waals surface area contributed by atoms with Gasteiger partial charge in [-0.25, -0.2) is 18.7 Å². The van der Waals surface area contributed by atoms with Crippen LogP contribution >= 0.6 is 0 Å². The average Bonchev–Trinajstić information content (AvgIpc) is 3.06. The highest BCUT2D eigenvalue weighted by Gasteiger charge is 2.31. The van der Waals surface area contributed by atoms with Crippen LogP contribution in [-0.2, 0) is 4.74 Å². The predicted octanol–water partition coefficient (Wildman–Crippen LogP) is 3.40. The first-order chi connectivity index (χ1) is 13.7. The zero-order chi connectivity index (χ0) is 21.2. The number of ether oxygens (including phenoxy) is 2. The summed E-state index contributed by atoms with van der Waals surface area (Å²) in [6.07, 6.45) is 1.21. The van der Waals surface area contributed by atoms with Crippen molar-refractivity contribution < 1.29 is 18.7 Å². The van der Waals surface area contributed by atoms with Crippen LogP contribution < -0.4 is 16.2 Å². The number of hydrogen-bond donors (Lipinski definition) is 2. The van der Waals surface area contributed by atoms with Crippen molar-refractivity contribution in [3.63, 3.8) is 0 Å². The third-order valence-electron chi connectivity index (χ3n) is 4.33. The number of nitrogens with zero attached hydrogens (tertiary/aromatic N) is 3. The lowest BCUT2D eigenvalue weighted by molar-refractivity contribution is -0.0193. The van der Waals surface area contributed by atoms with E-state index in [4.69, 9.17) is 20.9 Å². The molecule has 8 nitrogen and oxygen atoms in total. The fourth-order valence-electron chi connectivity index (χ4n) is 3.38. The quantitative estimate of drug-likeness (QED) is 0.626. The number of carbonyl (C=O) groups excluding carboxylic acids is 1. The second-order valence-electron chi connectivity index (χ2n) is 7.57. The average molecular weight is 401 g/mol. The second kappa shape index (κ2) is 7.94. The fourth-order valence-corrected chi connectivity index (χ4v) is 3.38. The number of nitrogens with two attached hydrogens (primary N) is 2. The van der Waals surface area contributed by atoms with Crippen molar-refractivity contribution >= 4 is 17.6 Å². The van der Waals surface area contributed by atoms with Crippen LogP contribution in [0.15, 0.2) is 36.5 Å². The number of fused-ring (bicyclic) bond motifs is 1. The smallest absolute Gasteiger partial charge is 0.405 e. The number of nitrogen functional groups attached to an aromatic ring is 1. The lowest BCUT2D eigenvalue weighted by Gasteiger charge is -2.30. The molecule has 0 aliphatic rings. The molecule has 0 radical (unpaired) electrons. The van der Waals surface area contributed by atoms with Gasteiger partial charge in [0, 0.05) is 17.7 Å². The molecule has 0 aliphatic carbocycles. The Morgan fingerprint density at radius 2 is 2.07 bits per heavy atom. The summed E-state index contributed by atoms with van der Waals surface area (Å²) in [5.41, 5.74) is 11.8. The summed E-state index contributed by atoms with van der Waals surface area (Å²) >= 11 is 0. The predicted molar refractivity (Wildman–Crippen MR) is 107 cm³/mol. The second-order valence-corrected chi connectivity index (χ2v) is 7.57. The van der Waals surface area contributed by atoms with Crippen LogP contribution in [0.5, 0.6) is 5.75 Å². The molecule has 0 saturated carbocycles. The molecule has 0 fully saturated rings. The molecule has 1 amide bonds. The zero-order valence-electron chi connectivity index (χ0n) is 16.6. The van der Waals surface area contributed by atoms with E-state index in [0.717, 1.165) is 0 Å². The molecular weight excluding hydrogens is 377 g/mol. The third kappa shape index (κ3) is 4.74. The van der Waals surface area contributed by atoms with Crippen molar-refractivity contribution in [2.24, 2.45) is 11.7 Å². The largest absolute Gasteiger partial charge is 0.486 e. The first kappa shape index (κ1) is 20.4. The Balaban J connectivity index is 1.84. The van der Waals surface area contributed by atoms with Gasteiger partial charge in [0.25, 0.3) is 0 Å². The lowest BCUT2D eigenvalue weighted by atomic mass is 9.95. The van der Waals surface area contributed by atoms with Gasteiger partial charge in [0.1, 0.15) is 18.0 Å². The molecule has 0 aliphatic heterocycles. The van der Waals surface area contributed by atoms with Gasteiger partial charge >= 0.3 is 6.09 Å². The molecule has 3 aromatic rings. The Labute approximate surface area is 167 Å². The van der Waals surface area contributed by atoms with Gasteiger partial charge in [-0.2, -0.15) is 5.10 Å². The number of hydrogen-bond acceptors (Lipinski definition) is 6. The van der Waals surface area contributed by atoms with Crippen LogP contribution in [0.1, 0.15) is 27.2 Å². The number of primary amides is 1. The normalized spacial score (nSPS) is 13.4. The molecule has 0 unspecified atom stereocenters. The van der Waals surface area contributed by atoms with E-state index in [1.165, 1.54) is 12.1 Å². The minimum atomic E-state index is -0.966. The number of amides is 1. The van der Waals surface area contributed by atoms with Crippen LogP contribution in [0, 0.1) is 11.7 Å². The van der Waals surface area contributed by atoms with Gasteiger partial charge in [-0.1, -0.05) is 13.8 Å². The highest BCUT2D eigenvalue weighted by Crippen LogP contribution is 2.29. The van der Waals surface area contributed by atoms with E-state index in [9.17, 15) is 9.18 Å². The van der Waals surface area contributed by atoms with E-state index in [2.05, 4.69) is 10.1 Å². The highest BCUT2D eigenvalue weighted by molar-refractivity contribution is 5.67. The van der Waals surface area contributed by atoms with E-state index in [1.807, 2.05) is 13.8 Å². The van der Waals surface area contributed by atoms with E-state index < -0.39 is 17.5 Å². The maximum atomic E-state index is 14.7. The number of benzene rings is 1. The summed E-state index contributed by atoms with van der Waals surface area (Å²) < 4.78 is 27.1. The minimum absolute atomic E-state index is 0.0318. The maximum absolute atomic E-state index is 14.7. The van der Waals surface area contributed by atoms with Gasteiger partial charge in [0.05, 0.1) is 11.9 Å². The summed E-state index contributed by atoms with van der Waals surface area (Å²) in [6, 6.07) is 7.87. The number of carbonyl (C=O) groups is 1. The van der Waals surface area contributed by atoms with E-state index in [1.54, 1.807) is 35.8 Å². The van der Waals surface area contributed by atoms with Crippen molar-refractivity contribution in [1.29, 1.82) is 0 Å². The molecule has 3 rings (SSSR count). The van der Waals surface area contributed by atoms with E-state index >= 15 is 0 Å². The Hall–Kier alpha value is -3.36. The van der Waals surface area contributed by atoms with Crippen molar-refractivity contribution in [2.75, 3.05) is 12.3 Å². The zero-order valence-corrected chi connectivity index (χ0v) is 16.6. The van der Waals surface area contributed by atoms with Gasteiger partial charge in [-0.05, 0) is 37.5 Å². The SMILES string of the molecule is CC(C)C[C@@](C)(COc1ccc(-c2cc(N)nc3ccnn23)cc1F)OC(N)=O. The molecule has 1 atom stereocenters. The van der Waals surface area contributed by atoms with E-state index in [0.29, 0.717) is 29.1 Å². The summed E-state index contributed by atoms with van der Waals surface area (Å²) in [4.78, 5) is 15.4. The Morgan fingerprint density at radius 1 is 1.31 bits per heavy atom. The first-order valence-corrected chi connectivity index (χ1v) is 9.18. The molecule has 9 heteroatoms. The summed E-state index contributed by atoms with van der Waals surface area (Å²) in [5.74, 6) is 0.00490. The standard InChI is InChI=1S/C20H24FN5O3/c1-12(2)10-20(3,29-19(23)27)11-28-16-5-4-13(8-14(16)21)15-9-17(22)25-18-6-7-24-26(15)18/h4-9,12H,10-11H2,1-3H3,(H2,22,25)(H2,23,27)/t20-/m0/s1. The fraction of sp³-hybridized carbons (Fsp3) is 0.350. The molecule has 1 aromatic carbocycles. The molecule has 4 N–H and O–H groups in total. The maximum Gasteiger partial charge on any atom is 0.405 e. The lowest BCUT2D eigenvalue weighted by Crippen LogP contribution is -2.41. The number of aromatic nitrogens is 3. The Kier molecular flexibility index (Phi) is 5.58. The van der Waals surface area contributed by atoms with Crippen LogP contribution in [0.4, 0.5) is 15.0 Å². The Morgan fingerprint density at radius 3 is 2.72 bits per heavy atom. The summed E-state index contributed by atoms with van der Waals surface area (Å²) in [7, 11) is 0. The van der Waals surface area contributed by atoms with Gasteiger partial charge in [-0.3, -0.25) is 0 Å². The molecule has 154 valence electrons. The van der Waals surface area contributed by atoms with Gasteiger partial charge in [0.15, 0.2) is 17.2 Å². The van der Waals surface area contributed by atoms with E-state index in [-0.39, 0.29) is 18.3 Å². The van der Waals surface area contributed by atoms with Crippen LogP contribution in [0.3, 0.4) is 0 Å². The van der Waals surface area contributed by atoms with Gasteiger partial charge in [0.2, 0.25) is 0 Å². The third-order valence-corrected chi connectivity index (χ3v) is 4.33. The molecule has 2 heterocycles. The molecule has 29 heavy (non-hydrogen) atoms.